The number of thiophene rings is 1. The fraction of sp³-hybridized carbons (Fsp3) is 0.389. The van der Waals surface area contributed by atoms with Gasteiger partial charge in [-0.05, 0) is 31.5 Å². The molecule has 3 aromatic heterocycles. The standard InChI is InChI=1S/C18H19N3O4S/c1-10-14-16(19-11(2)20-17(14)26-15(10)18(22)23-3)21-6-8-25-13(9-21)12-5-4-7-24-12/h4-5,7,13H,6,8-9H2,1-3H3. The van der Waals surface area contributed by atoms with Crippen molar-refractivity contribution in [1.82, 2.24) is 9.97 Å². The number of aromatic nitrogens is 2. The molecular formula is C18H19N3O4S. The van der Waals surface area contributed by atoms with E-state index in [1.54, 1.807) is 6.26 Å². The van der Waals surface area contributed by atoms with E-state index in [0.29, 0.717) is 30.4 Å². The molecule has 1 aliphatic rings. The van der Waals surface area contributed by atoms with Crippen LogP contribution in [0.5, 0.6) is 0 Å². The molecule has 0 aromatic carbocycles. The number of carbonyl (C=O) groups excluding carboxylic acids is 1. The van der Waals surface area contributed by atoms with Crippen molar-refractivity contribution in [3.05, 3.63) is 40.4 Å². The largest absolute Gasteiger partial charge is 0.467 e. The fourth-order valence-electron chi connectivity index (χ4n) is 3.23. The number of hydrogen-bond acceptors (Lipinski definition) is 8. The zero-order valence-corrected chi connectivity index (χ0v) is 15.6. The zero-order chi connectivity index (χ0) is 18.3. The van der Waals surface area contributed by atoms with Crippen LogP contribution in [-0.2, 0) is 9.47 Å². The Morgan fingerprint density at radius 2 is 2.23 bits per heavy atom. The van der Waals surface area contributed by atoms with Crippen molar-refractivity contribution in [2.75, 3.05) is 31.7 Å². The molecule has 0 saturated carbocycles. The molecule has 0 N–H and O–H groups in total. The average molecular weight is 373 g/mol. The van der Waals surface area contributed by atoms with Gasteiger partial charge in [-0.3, -0.25) is 0 Å². The first-order chi connectivity index (χ1) is 12.6. The van der Waals surface area contributed by atoms with Gasteiger partial charge >= 0.3 is 5.97 Å². The van der Waals surface area contributed by atoms with Crippen molar-refractivity contribution in [3.8, 4) is 0 Å². The minimum atomic E-state index is -0.343. The molecule has 136 valence electrons. The summed E-state index contributed by atoms with van der Waals surface area (Å²) in [6.07, 6.45) is 1.50. The van der Waals surface area contributed by atoms with Gasteiger partial charge in [0.25, 0.3) is 0 Å². The van der Waals surface area contributed by atoms with Gasteiger partial charge < -0.3 is 18.8 Å². The van der Waals surface area contributed by atoms with Crippen molar-refractivity contribution in [1.29, 1.82) is 0 Å². The smallest absolute Gasteiger partial charge is 0.348 e. The van der Waals surface area contributed by atoms with Crippen LogP contribution in [0, 0.1) is 13.8 Å². The van der Waals surface area contributed by atoms with Gasteiger partial charge in [0.05, 0.1) is 31.9 Å². The summed E-state index contributed by atoms with van der Waals surface area (Å²) >= 11 is 1.35. The van der Waals surface area contributed by atoms with E-state index in [2.05, 4.69) is 14.9 Å². The first-order valence-corrected chi connectivity index (χ1v) is 9.16. The number of nitrogens with zero attached hydrogens (tertiary/aromatic N) is 3. The second-order valence-corrected chi connectivity index (χ2v) is 7.14. The number of ether oxygens (including phenoxy) is 2. The second-order valence-electron chi connectivity index (χ2n) is 6.14. The third-order valence-corrected chi connectivity index (χ3v) is 5.65. The Hall–Kier alpha value is -2.45. The van der Waals surface area contributed by atoms with E-state index in [4.69, 9.17) is 13.9 Å². The van der Waals surface area contributed by atoms with Crippen LogP contribution in [0.2, 0.25) is 0 Å². The zero-order valence-electron chi connectivity index (χ0n) is 14.8. The summed E-state index contributed by atoms with van der Waals surface area (Å²) in [5.74, 6) is 1.96. The summed E-state index contributed by atoms with van der Waals surface area (Å²) in [7, 11) is 1.39. The van der Waals surface area contributed by atoms with Crippen molar-refractivity contribution in [2.24, 2.45) is 0 Å². The third-order valence-electron chi connectivity index (χ3n) is 4.48. The van der Waals surface area contributed by atoms with Gasteiger partial charge in [-0.1, -0.05) is 0 Å². The Morgan fingerprint density at radius 1 is 1.38 bits per heavy atom. The highest BCUT2D eigenvalue weighted by Gasteiger charge is 2.28. The Balaban J connectivity index is 1.78. The van der Waals surface area contributed by atoms with Gasteiger partial charge in [-0.25, -0.2) is 14.8 Å². The monoisotopic (exact) mass is 373 g/mol. The number of anilines is 1. The molecule has 26 heavy (non-hydrogen) atoms. The van der Waals surface area contributed by atoms with E-state index < -0.39 is 0 Å². The molecule has 4 heterocycles. The molecule has 8 heteroatoms. The summed E-state index contributed by atoms with van der Waals surface area (Å²) in [5.41, 5.74) is 0.855. The van der Waals surface area contributed by atoms with Gasteiger partial charge in [0.1, 0.15) is 33.2 Å². The van der Waals surface area contributed by atoms with Gasteiger partial charge in [-0.15, -0.1) is 11.3 Å². The van der Waals surface area contributed by atoms with E-state index in [1.807, 2.05) is 26.0 Å². The number of furan rings is 1. The van der Waals surface area contributed by atoms with Crippen molar-refractivity contribution < 1.29 is 18.7 Å². The van der Waals surface area contributed by atoms with Crippen LogP contribution < -0.4 is 4.90 Å². The minimum absolute atomic E-state index is 0.150. The Bertz CT molecular complexity index is 951. The van der Waals surface area contributed by atoms with Crippen LogP contribution in [0.15, 0.2) is 22.8 Å². The van der Waals surface area contributed by atoms with Crippen molar-refractivity contribution in [3.63, 3.8) is 0 Å². The molecule has 0 aliphatic carbocycles. The highest BCUT2D eigenvalue weighted by atomic mass is 32.1. The number of hydrogen-bond donors (Lipinski definition) is 0. The van der Waals surface area contributed by atoms with Gasteiger partial charge in [-0.2, -0.15) is 0 Å². The maximum Gasteiger partial charge on any atom is 0.348 e. The molecule has 1 fully saturated rings. The average Bonchev–Trinajstić information content (AvgIpc) is 3.29. The molecule has 0 radical (unpaired) electrons. The third kappa shape index (κ3) is 2.85. The summed E-state index contributed by atoms with van der Waals surface area (Å²) in [6, 6.07) is 3.77. The number of rotatable bonds is 3. The van der Waals surface area contributed by atoms with Crippen LogP contribution in [0.25, 0.3) is 10.2 Å². The molecule has 1 aliphatic heterocycles. The predicted molar refractivity (Wildman–Crippen MR) is 97.8 cm³/mol. The molecule has 0 amide bonds. The maximum atomic E-state index is 12.1. The SMILES string of the molecule is COC(=O)c1sc2nc(C)nc(N3CCOC(c4ccco4)C3)c2c1C. The lowest BCUT2D eigenvalue weighted by atomic mass is 10.1. The molecule has 1 unspecified atom stereocenters. The van der Waals surface area contributed by atoms with Crippen LogP contribution in [0.4, 0.5) is 5.82 Å². The predicted octanol–water partition coefficient (Wildman–Crippen LogP) is 3.27. The molecule has 4 rings (SSSR count). The lowest BCUT2D eigenvalue weighted by Crippen LogP contribution is -2.39. The highest BCUT2D eigenvalue weighted by molar-refractivity contribution is 7.20. The maximum absolute atomic E-state index is 12.1. The lowest BCUT2D eigenvalue weighted by molar-refractivity contribution is 0.0256. The van der Waals surface area contributed by atoms with E-state index >= 15 is 0 Å². The summed E-state index contributed by atoms with van der Waals surface area (Å²) in [5, 5.41) is 0.904. The van der Waals surface area contributed by atoms with E-state index in [1.165, 1.54) is 18.4 Å². The molecule has 0 bridgehead atoms. The number of aryl methyl sites for hydroxylation is 2. The molecule has 0 spiro atoms. The van der Waals surface area contributed by atoms with Crippen LogP contribution >= 0.6 is 11.3 Å². The first-order valence-electron chi connectivity index (χ1n) is 8.34. The minimum Gasteiger partial charge on any atom is -0.467 e. The molecule has 7 nitrogen and oxygen atoms in total. The topological polar surface area (TPSA) is 77.7 Å². The summed E-state index contributed by atoms with van der Waals surface area (Å²) < 4.78 is 16.3. The van der Waals surface area contributed by atoms with E-state index in [9.17, 15) is 4.79 Å². The number of methoxy groups -OCH3 is 1. The van der Waals surface area contributed by atoms with Crippen molar-refractivity contribution >= 4 is 33.3 Å². The molecular weight excluding hydrogens is 354 g/mol. The lowest BCUT2D eigenvalue weighted by Gasteiger charge is -2.33. The Labute approximate surface area is 154 Å². The first kappa shape index (κ1) is 17.0. The molecule has 3 aromatic rings. The van der Waals surface area contributed by atoms with Crippen LogP contribution in [0.3, 0.4) is 0 Å². The molecule has 1 atom stereocenters. The van der Waals surface area contributed by atoms with E-state index in [-0.39, 0.29) is 12.1 Å². The summed E-state index contributed by atoms with van der Waals surface area (Å²) in [4.78, 5) is 24.8. The number of morpholine rings is 1. The molecule has 1 saturated heterocycles. The van der Waals surface area contributed by atoms with E-state index in [0.717, 1.165) is 27.4 Å². The van der Waals surface area contributed by atoms with Gasteiger partial charge in [0, 0.05) is 6.54 Å². The second kappa shape index (κ2) is 6.69. The van der Waals surface area contributed by atoms with Crippen molar-refractivity contribution in [2.45, 2.75) is 20.0 Å². The Kier molecular flexibility index (Phi) is 4.37. The highest BCUT2D eigenvalue weighted by Crippen LogP contribution is 2.37. The fourth-order valence-corrected chi connectivity index (χ4v) is 4.37. The number of esters is 1. The summed E-state index contributed by atoms with van der Waals surface area (Å²) in [6.45, 7) is 5.69. The van der Waals surface area contributed by atoms with Crippen LogP contribution in [0.1, 0.15) is 32.9 Å². The Morgan fingerprint density at radius 3 is 2.96 bits per heavy atom. The number of fused-ring (bicyclic) bond motifs is 1. The number of carbonyl (C=O) groups is 1. The normalized spacial score (nSPS) is 17.7. The van der Waals surface area contributed by atoms with Crippen LogP contribution in [-0.4, -0.2) is 42.7 Å². The van der Waals surface area contributed by atoms with Gasteiger partial charge in [0.15, 0.2) is 0 Å². The quantitative estimate of drug-likeness (QED) is 0.652. The van der Waals surface area contributed by atoms with Gasteiger partial charge in [0.2, 0.25) is 0 Å².